The van der Waals surface area contributed by atoms with Crippen molar-refractivity contribution in [3.63, 3.8) is 0 Å². The molecule has 1 aliphatic rings. The van der Waals surface area contributed by atoms with E-state index in [4.69, 9.17) is 0 Å². The predicted octanol–water partition coefficient (Wildman–Crippen LogP) is 1.87. The fraction of sp³-hybridized carbons (Fsp3) is 1.00. The van der Waals surface area contributed by atoms with Gasteiger partial charge in [-0.1, -0.05) is 0 Å². The minimum Gasteiger partial charge on any atom is -0.315 e. The maximum absolute atomic E-state index is 13.2. The van der Waals surface area contributed by atoms with Gasteiger partial charge in [-0.05, 0) is 33.4 Å². The highest BCUT2D eigenvalue weighted by atomic mass is 35.5. The Hall–Kier alpha value is 0.430. The molecule has 0 aromatic rings. The predicted molar refractivity (Wildman–Crippen MR) is 63.6 cm³/mol. The van der Waals surface area contributed by atoms with Gasteiger partial charge in [0.05, 0.1) is 0 Å². The van der Waals surface area contributed by atoms with Crippen molar-refractivity contribution >= 4 is 24.8 Å². The molecule has 0 saturated carbocycles. The van der Waals surface area contributed by atoms with Crippen molar-refractivity contribution in [3.05, 3.63) is 0 Å². The zero-order valence-electron chi connectivity index (χ0n) is 8.88. The normalized spacial score (nSPS) is 19.1. The van der Waals surface area contributed by atoms with Crippen LogP contribution in [0.2, 0.25) is 0 Å². The molecule has 0 bridgehead atoms. The van der Waals surface area contributed by atoms with Crippen molar-refractivity contribution < 1.29 is 4.39 Å². The SMILES string of the molecule is CC(C)(F)CN1CCCNCC1.Cl.Cl. The monoisotopic (exact) mass is 246 g/mol. The summed E-state index contributed by atoms with van der Waals surface area (Å²) in [5.74, 6) is 0. The smallest absolute Gasteiger partial charge is 0.118 e. The molecular formula is C9H21Cl2FN2. The third kappa shape index (κ3) is 7.80. The Bertz CT molecular complexity index is 131. The number of nitrogens with one attached hydrogen (secondary N) is 1. The Balaban J connectivity index is 0. The summed E-state index contributed by atoms with van der Waals surface area (Å²) in [7, 11) is 0. The molecule has 0 radical (unpaired) electrons. The summed E-state index contributed by atoms with van der Waals surface area (Å²) in [5, 5.41) is 3.30. The minimum absolute atomic E-state index is 0. The average Bonchev–Trinajstić information content (AvgIpc) is 2.12. The van der Waals surface area contributed by atoms with Crippen LogP contribution in [0.3, 0.4) is 0 Å². The molecule has 0 spiro atoms. The first-order valence-corrected chi connectivity index (χ1v) is 4.70. The molecule has 2 nitrogen and oxygen atoms in total. The number of nitrogens with zero attached hydrogens (tertiary/aromatic N) is 1. The lowest BCUT2D eigenvalue weighted by Crippen LogP contribution is -2.37. The first-order chi connectivity index (χ1) is 5.58. The summed E-state index contributed by atoms with van der Waals surface area (Å²) in [6.45, 7) is 7.93. The highest BCUT2D eigenvalue weighted by Gasteiger charge is 2.20. The van der Waals surface area contributed by atoms with Gasteiger partial charge in [-0.15, -0.1) is 24.8 Å². The molecule has 0 atom stereocenters. The molecule has 0 amide bonds. The van der Waals surface area contributed by atoms with Crippen molar-refractivity contribution in [2.45, 2.75) is 25.9 Å². The van der Waals surface area contributed by atoms with Gasteiger partial charge in [0.25, 0.3) is 0 Å². The third-order valence-electron chi connectivity index (χ3n) is 2.03. The molecule has 1 rings (SSSR count). The summed E-state index contributed by atoms with van der Waals surface area (Å²) in [6.07, 6.45) is 1.14. The Morgan fingerprint density at radius 2 is 1.86 bits per heavy atom. The lowest BCUT2D eigenvalue weighted by atomic mass is 10.1. The lowest BCUT2D eigenvalue weighted by Gasteiger charge is -2.25. The van der Waals surface area contributed by atoms with Crippen LogP contribution in [0.4, 0.5) is 4.39 Å². The van der Waals surface area contributed by atoms with Gasteiger partial charge in [0.15, 0.2) is 0 Å². The highest BCUT2D eigenvalue weighted by molar-refractivity contribution is 5.85. The fourth-order valence-corrected chi connectivity index (χ4v) is 1.59. The Morgan fingerprint density at radius 3 is 2.43 bits per heavy atom. The summed E-state index contributed by atoms with van der Waals surface area (Å²) in [6, 6.07) is 0. The van der Waals surface area contributed by atoms with Gasteiger partial charge in [0, 0.05) is 19.6 Å². The zero-order valence-corrected chi connectivity index (χ0v) is 10.5. The second-order valence-electron chi connectivity index (χ2n) is 4.10. The van der Waals surface area contributed by atoms with Gasteiger partial charge >= 0.3 is 0 Å². The van der Waals surface area contributed by atoms with Crippen LogP contribution >= 0.6 is 24.8 Å². The lowest BCUT2D eigenvalue weighted by molar-refractivity contribution is 0.130. The van der Waals surface area contributed by atoms with Crippen LogP contribution in [0.1, 0.15) is 20.3 Å². The Morgan fingerprint density at radius 1 is 1.21 bits per heavy atom. The van der Waals surface area contributed by atoms with Crippen LogP contribution in [0.25, 0.3) is 0 Å². The topological polar surface area (TPSA) is 15.3 Å². The van der Waals surface area contributed by atoms with E-state index < -0.39 is 5.67 Å². The number of alkyl halides is 1. The van der Waals surface area contributed by atoms with Crippen LogP contribution in [-0.4, -0.2) is 43.3 Å². The largest absolute Gasteiger partial charge is 0.315 e. The van der Waals surface area contributed by atoms with Crippen molar-refractivity contribution in [3.8, 4) is 0 Å². The van der Waals surface area contributed by atoms with Gasteiger partial charge in [-0.2, -0.15) is 0 Å². The Labute approximate surface area is 98.4 Å². The molecule has 1 N–H and O–H groups in total. The van der Waals surface area contributed by atoms with E-state index in [9.17, 15) is 4.39 Å². The fourth-order valence-electron chi connectivity index (χ4n) is 1.59. The van der Waals surface area contributed by atoms with Crippen LogP contribution in [0, 0.1) is 0 Å². The van der Waals surface area contributed by atoms with Gasteiger partial charge in [-0.3, -0.25) is 4.90 Å². The molecule has 0 aromatic heterocycles. The number of hydrogen-bond acceptors (Lipinski definition) is 2. The molecule has 0 aromatic carbocycles. The standard InChI is InChI=1S/C9H19FN2.2ClH/c1-9(2,10)8-12-6-3-4-11-5-7-12;;/h11H,3-8H2,1-2H3;2*1H. The Kier molecular flexibility index (Phi) is 9.25. The van der Waals surface area contributed by atoms with E-state index in [1.807, 2.05) is 0 Å². The first-order valence-electron chi connectivity index (χ1n) is 4.70. The molecule has 1 saturated heterocycles. The zero-order chi connectivity index (χ0) is 9.03. The summed E-state index contributed by atoms with van der Waals surface area (Å²) in [5.41, 5.74) is -1.05. The van der Waals surface area contributed by atoms with Crippen molar-refractivity contribution in [1.82, 2.24) is 10.2 Å². The van der Waals surface area contributed by atoms with E-state index in [1.54, 1.807) is 13.8 Å². The molecule has 0 unspecified atom stereocenters. The number of hydrogen-bond donors (Lipinski definition) is 1. The number of rotatable bonds is 2. The van der Waals surface area contributed by atoms with Gasteiger partial charge < -0.3 is 5.32 Å². The third-order valence-corrected chi connectivity index (χ3v) is 2.03. The van der Waals surface area contributed by atoms with Crippen LogP contribution in [-0.2, 0) is 0 Å². The maximum Gasteiger partial charge on any atom is 0.118 e. The average molecular weight is 247 g/mol. The highest BCUT2D eigenvalue weighted by Crippen LogP contribution is 2.11. The van der Waals surface area contributed by atoms with Crippen molar-refractivity contribution in [1.29, 1.82) is 0 Å². The maximum atomic E-state index is 13.2. The van der Waals surface area contributed by atoms with Crippen molar-refractivity contribution in [2.24, 2.45) is 0 Å². The van der Waals surface area contributed by atoms with Gasteiger partial charge in [0.2, 0.25) is 0 Å². The van der Waals surface area contributed by atoms with E-state index in [2.05, 4.69) is 10.2 Å². The van der Waals surface area contributed by atoms with Gasteiger partial charge in [-0.25, -0.2) is 4.39 Å². The molecule has 1 fully saturated rings. The summed E-state index contributed by atoms with van der Waals surface area (Å²) < 4.78 is 13.2. The van der Waals surface area contributed by atoms with E-state index in [0.717, 1.165) is 32.6 Å². The minimum atomic E-state index is -1.05. The molecule has 5 heteroatoms. The van der Waals surface area contributed by atoms with E-state index in [0.29, 0.717) is 6.54 Å². The second kappa shape index (κ2) is 7.69. The first kappa shape index (κ1) is 16.8. The van der Waals surface area contributed by atoms with Crippen LogP contribution in [0.15, 0.2) is 0 Å². The molecular weight excluding hydrogens is 226 g/mol. The number of halogens is 3. The van der Waals surface area contributed by atoms with E-state index in [1.165, 1.54) is 0 Å². The molecule has 1 aliphatic heterocycles. The van der Waals surface area contributed by atoms with Crippen LogP contribution < -0.4 is 5.32 Å². The summed E-state index contributed by atoms with van der Waals surface area (Å²) >= 11 is 0. The summed E-state index contributed by atoms with van der Waals surface area (Å²) in [4.78, 5) is 2.19. The van der Waals surface area contributed by atoms with Crippen molar-refractivity contribution in [2.75, 3.05) is 32.7 Å². The van der Waals surface area contributed by atoms with Gasteiger partial charge in [0.1, 0.15) is 5.67 Å². The molecule has 1 heterocycles. The second-order valence-corrected chi connectivity index (χ2v) is 4.10. The van der Waals surface area contributed by atoms with Crippen LogP contribution in [0.5, 0.6) is 0 Å². The molecule has 0 aliphatic carbocycles. The quantitative estimate of drug-likeness (QED) is 0.801. The van der Waals surface area contributed by atoms with E-state index in [-0.39, 0.29) is 24.8 Å². The molecule has 14 heavy (non-hydrogen) atoms. The van der Waals surface area contributed by atoms with E-state index >= 15 is 0 Å². The molecule has 88 valence electrons.